The van der Waals surface area contributed by atoms with Crippen molar-refractivity contribution in [3.8, 4) is 0 Å². The maximum atomic E-state index is 6.50. The summed E-state index contributed by atoms with van der Waals surface area (Å²) < 4.78 is 13.0. The van der Waals surface area contributed by atoms with E-state index in [-0.39, 0.29) is 11.2 Å². The highest BCUT2D eigenvalue weighted by Gasteiger charge is 2.64. The van der Waals surface area contributed by atoms with Gasteiger partial charge in [0.1, 0.15) is 0 Å². The van der Waals surface area contributed by atoms with Crippen LogP contribution >= 0.6 is 0 Å². The Labute approximate surface area is 98.7 Å². The van der Waals surface area contributed by atoms with Gasteiger partial charge in [0.05, 0.1) is 23.4 Å². The second-order valence-corrected chi connectivity index (χ2v) is 5.82. The number of rotatable bonds is 2. The van der Waals surface area contributed by atoms with Gasteiger partial charge in [0.15, 0.2) is 0 Å². The summed E-state index contributed by atoms with van der Waals surface area (Å²) in [6.45, 7) is 4.45. The van der Waals surface area contributed by atoms with Gasteiger partial charge in [0.2, 0.25) is 0 Å². The highest BCUT2D eigenvalue weighted by molar-refractivity contribution is 5.14. The molecule has 1 saturated heterocycles. The molecular weight excluding hydrogens is 200 g/mol. The van der Waals surface area contributed by atoms with Gasteiger partial charge in [-0.15, -0.1) is 0 Å². The minimum absolute atomic E-state index is 0.123. The van der Waals surface area contributed by atoms with Gasteiger partial charge >= 0.3 is 0 Å². The summed E-state index contributed by atoms with van der Waals surface area (Å²) in [7, 11) is 0. The second-order valence-electron chi connectivity index (χ2n) is 5.82. The zero-order chi connectivity index (χ0) is 11.2. The van der Waals surface area contributed by atoms with Crippen molar-refractivity contribution in [2.24, 2.45) is 0 Å². The molecule has 2 heteroatoms. The van der Waals surface area contributed by atoms with Crippen LogP contribution in [0.5, 0.6) is 0 Å². The van der Waals surface area contributed by atoms with Gasteiger partial charge in [-0.3, -0.25) is 0 Å². The Morgan fingerprint density at radius 1 is 0.812 bits per heavy atom. The normalized spacial score (nSPS) is 39.4. The van der Waals surface area contributed by atoms with Crippen LogP contribution in [0.3, 0.4) is 0 Å². The Morgan fingerprint density at radius 3 is 1.38 bits per heavy atom. The molecule has 0 radical (unpaired) electrons. The fourth-order valence-electron chi connectivity index (χ4n) is 3.78. The van der Waals surface area contributed by atoms with Crippen molar-refractivity contribution >= 4 is 0 Å². The average molecular weight is 224 g/mol. The molecule has 0 aromatic rings. The number of fused-ring (bicyclic) bond motifs is 1. The second kappa shape index (κ2) is 3.71. The van der Waals surface area contributed by atoms with E-state index in [1.54, 1.807) is 0 Å². The van der Waals surface area contributed by atoms with Crippen LogP contribution in [0.2, 0.25) is 0 Å². The predicted octanol–water partition coefficient (Wildman–Crippen LogP) is 3.44. The summed E-state index contributed by atoms with van der Waals surface area (Å²) in [4.78, 5) is 0. The Balaban J connectivity index is 1.83. The van der Waals surface area contributed by atoms with Gasteiger partial charge < -0.3 is 9.47 Å². The van der Waals surface area contributed by atoms with E-state index in [2.05, 4.69) is 13.8 Å². The van der Waals surface area contributed by atoms with Crippen LogP contribution < -0.4 is 0 Å². The highest BCUT2D eigenvalue weighted by Crippen LogP contribution is 2.58. The quantitative estimate of drug-likeness (QED) is 0.715. The first kappa shape index (κ1) is 11.0. The molecule has 2 spiro atoms. The van der Waals surface area contributed by atoms with Gasteiger partial charge in [-0.2, -0.15) is 0 Å². The Bertz CT molecular complexity index is 238. The molecule has 2 aliphatic carbocycles. The van der Waals surface area contributed by atoms with Crippen molar-refractivity contribution in [1.29, 1.82) is 0 Å². The smallest absolute Gasteiger partial charge is 0.0976 e. The lowest BCUT2D eigenvalue weighted by molar-refractivity contribution is -0.360. The first-order chi connectivity index (χ1) is 7.75. The van der Waals surface area contributed by atoms with Crippen molar-refractivity contribution in [2.45, 2.75) is 88.6 Å². The van der Waals surface area contributed by atoms with Gasteiger partial charge in [0, 0.05) is 0 Å². The third kappa shape index (κ3) is 1.26. The fourth-order valence-corrected chi connectivity index (χ4v) is 3.78. The van der Waals surface area contributed by atoms with Crippen molar-refractivity contribution < 1.29 is 9.47 Å². The van der Waals surface area contributed by atoms with Crippen molar-refractivity contribution in [1.82, 2.24) is 0 Å². The maximum absolute atomic E-state index is 6.50. The van der Waals surface area contributed by atoms with Gasteiger partial charge in [0.25, 0.3) is 0 Å². The maximum Gasteiger partial charge on any atom is 0.0976 e. The fraction of sp³-hybridized carbons (Fsp3) is 1.00. The first-order valence-electron chi connectivity index (χ1n) is 7.11. The van der Waals surface area contributed by atoms with Crippen LogP contribution in [0.4, 0.5) is 0 Å². The van der Waals surface area contributed by atoms with E-state index in [4.69, 9.17) is 9.47 Å². The van der Waals surface area contributed by atoms with Crippen molar-refractivity contribution in [3.05, 3.63) is 0 Å². The first-order valence-corrected chi connectivity index (χ1v) is 7.11. The highest BCUT2D eigenvalue weighted by atomic mass is 16.6. The molecule has 0 aromatic carbocycles. The molecule has 2 saturated carbocycles. The molecule has 92 valence electrons. The van der Waals surface area contributed by atoms with Crippen LogP contribution in [-0.2, 0) is 9.47 Å². The van der Waals surface area contributed by atoms with Crippen LogP contribution in [0, 0.1) is 0 Å². The van der Waals surface area contributed by atoms with Crippen LogP contribution in [0.1, 0.15) is 65.2 Å². The van der Waals surface area contributed by atoms with Crippen LogP contribution in [-0.4, -0.2) is 23.4 Å². The van der Waals surface area contributed by atoms with E-state index >= 15 is 0 Å². The molecule has 0 N–H and O–H groups in total. The van der Waals surface area contributed by atoms with E-state index < -0.39 is 0 Å². The third-order valence-electron chi connectivity index (χ3n) is 5.13. The van der Waals surface area contributed by atoms with Gasteiger partial charge in [-0.1, -0.05) is 13.8 Å². The third-order valence-corrected chi connectivity index (χ3v) is 5.13. The molecule has 16 heavy (non-hydrogen) atoms. The van der Waals surface area contributed by atoms with E-state index in [1.807, 2.05) is 0 Å². The van der Waals surface area contributed by atoms with Crippen molar-refractivity contribution in [2.75, 3.05) is 0 Å². The van der Waals surface area contributed by atoms with E-state index in [0.717, 1.165) is 12.8 Å². The van der Waals surface area contributed by atoms with E-state index in [0.29, 0.717) is 12.2 Å². The molecule has 3 rings (SSSR count). The lowest BCUT2D eigenvalue weighted by Crippen LogP contribution is -2.71. The Kier molecular flexibility index (Phi) is 2.56. The molecule has 0 amide bonds. The molecule has 3 aliphatic rings. The lowest BCUT2D eigenvalue weighted by atomic mass is 9.58. The summed E-state index contributed by atoms with van der Waals surface area (Å²) in [5, 5.41) is 0. The molecule has 3 fully saturated rings. The standard InChI is InChI=1S/C14H24O2/c1-3-11-12(4-2)16-14(9-6-10-14)13(15-11)7-5-8-13/h11-12H,3-10H2,1-2H3/t11-,12-/m1/s1. The predicted molar refractivity (Wildman–Crippen MR) is 63.5 cm³/mol. The summed E-state index contributed by atoms with van der Waals surface area (Å²) in [5.74, 6) is 0. The number of hydrogen-bond acceptors (Lipinski definition) is 2. The average Bonchev–Trinajstić information content (AvgIpc) is 2.22. The molecule has 2 nitrogen and oxygen atoms in total. The zero-order valence-corrected chi connectivity index (χ0v) is 10.6. The van der Waals surface area contributed by atoms with Crippen LogP contribution in [0.25, 0.3) is 0 Å². The van der Waals surface area contributed by atoms with E-state index in [9.17, 15) is 0 Å². The molecule has 2 atom stereocenters. The lowest BCUT2D eigenvalue weighted by Gasteiger charge is -2.64. The Hall–Kier alpha value is -0.0800. The van der Waals surface area contributed by atoms with Crippen molar-refractivity contribution in [3.63, 3.8) is 0 Å². The number of ether oxygens (including phenoxy) is 2. The molecule has 1 aliphatic heterocycles. The molecule has 0 unspecified atom stereocenters. The van der Waals surface area contributed by atoms with Gasteiger partial charge in [-0.25, -0.2) is 0 Å². The SMILES string of the molecule is CC[C@H]1OC2(CCC2)C2(CCC2)O[C@@H]1CC. The summed E-state index contributed by atoms with van der Waals surface area (Å²) in [6.07, 6.45) is 10.5. The van der Waals surface area contributed by atoms with E-state index in [1.165, 1.54) is 38.5 Å². The van der Waals surface area contributed by atoms with Gasteiger partial charge in [-0.05, 0) is 51.4 Å². The molecule has 0 aromatic heterocycles. The monoisotopic (exact) mass is 224 g/mol. The topological polar surface area (TPSA) is 18.5 Å². The Morgan fingerprint density at radius 2 is 1.19 bits per heavy atom. The minimum Gasteiger partial charge on any atom is -0.366 e. The molecule has 1 heterocycles. The summed E-state index contributed by atoms with van der Waals surface area (Å²) >= 11 is 0. The minimum atomic E-state index is 0.123. The number of hydrogen-bond donors (Lipinski definition) is 0. The zero-order valence-electron chi connectivity index (χ0n) is 10.6. The molecule has 0 bridgehead atoms. The molecular formula is C14H24O2. The largest absolute Gasteiger partial charge is 0.366 e. The summed E-state index contributed by atoms with van der Waals surface area (Å²) in [6, 6.07) is 0. The summed E-state index contributed by atoms with van der Waals surface area (Å²) in [5.41, 5.74) is 0.245. The van der Waals surface area contributed by atoms with Crippen LogP contribution in [0.15, 0.2) is 0 Å².